The molecule has 0 atom stereocenters. The predicted molar refractivity (Wildman–Crippen MR) is 90.1 cm³/mol. The van der Waals surface area contributed by atoms with Crippen LogP contribution in [-0.4, -0.2) is 16.5 Å². The molecular weight excluding hydrogens is 282 g/mol. The van der Waals surface area contributed by atoms with E-state index < -0.39 is 0 Å². The maximum Gasteiger partial charge on any atom is 0.137 e. The van der Waals surface area contributed by atoms with Crippen molar-refractivity contribution in [1.29, 1.82) is 0 Å². The van der Waals surface area contributed by atoms with Gasteiger partial charge in [-0.25, -0.2) is 9.97 Å². The zero-order chi connectivity index (χ0) is 15.5. The van der Waals surface area contributed by atoms with Crippen LogP contribution in [0.2, 0.25) is 5.15 Å². The van der Waals surface area contributed by atoms with Gasteiger partial charge in [0.2, 0.25) is 0 Å². The number of anilines is 1. The Morgan fingerprint density at radius 3 is 2.62 bits per heavy atom. The third kappa shape index (κ3) is 4.44. The Balaban J connectivity index is 2.05. The van der Waals surface area contributed by atoms with Gasteiger partial charge in [-0.15, -0.1) is 0 Å². The van der Waals surface area contributed by atoms with Gasteiger partial charge in [0, 0.05) is 17.5 Å². The van der Waals surface area contributed by atoms with Gasteiger partial charge in [0.1, 0.15) is 16.8 Å². The summed E-state index contributed by atoms with van der Waals surface area (Å²) in [6.45, 7) is 9.18. The molecule has 1 aromatic rings. The first kappa shape index (κ1) is 16.3. The van der Waals surface area contributed by atoms with Crippen molar-refractivity contribution in [1.82, 2.24) is 9.97 Å². The molecule has 0 bridgehead atoms. The number of rotatable bonds is 4. The fourth-order valence-corrected chi connectivity index (χ4v) is 2.64. The molecule has 116 valence electrons. The van der Waals surface area contributed by atoms with Crippen LogP contribution < -0.4 is 5.32 Å². The maximum absolute atomic E-state index is 6.25. The Bertz CT molecular complexity index is 530. The second-order valence-electron chi connectivity index (χ2n) is 6.85. The molecule has 0 amide bonds. The van der Waals surface area contributed by atoms with Crippen molar-refractivity contribution in [3.63, 3.8) is 0 Å². The summed E-state index contributed by atoms with van der Waals surface area (Å²) in [5.41, 5.74) is 2.41. The topological polar surface area (TPSA) is 37.8 Å². The predicted octanol–water partition coefficient (Wildman–Crippen LogP) is 5.04. The van der Waals surface area contributed by atoms with Gasteiger partial charge in [0.15, 0.2) is 0 Å². The molecule has 0 spiro atoms. The molecule has 0 saturated heterocycles. The fourth-order valence-electron chi connectivity index (χ4n) is 2.47. The molecule has 21 heavy (non-hydrogen) atoms. The minimum atomic E-state index is -0.0976. The summed E-state index contributed by atoms with van der Waals surface area (Å²) in [7, 11) is 0. The molecular formula is C17H26ClN3. The first-order chi connectivity index (χ1) is 9.88. The lowest BCUT2D eigenvalue weighted by Crippen LogP contribution is -2.18. The summed E-state index contributed by atoms with van der Waals surface area (Å²) in [5, 5.41) is 3.99. The molecule has 3 nitrogen and oxygen atoms in total. The molecule has 0 saturated carbocycles. The van der Waals surface area contributed by atoms with Crippen molar-refractivity contribution >= 4 is 17.4 Å². The van der Waals surface area contributed by atoms with Crippen molar-refractivity contribution in [3.8, 4) is 0 Å². The van der Waals surface area contributed by atoms with Gasteiger partial charge in [0.05, 0.1) is 0 Å². The van der Waals surface area contributed by atoms with Crippen LogP contribution >= 0.6 is 11.6 Å². The smallest absolute Gasteiger partial charge is 0.137 e. The minimum Gasteiger partial charge on any atom is -0.369 e. The van der Waals surface area contributed by atoms with Crippen molar-refractivity contribution < 1.29 is 0 Å². The second-order valence-corrected chi connectivity index (χ2v) is 7.20. The molecule has 4 heteroatoms. The summed E-state index contributed by atoms with van der Waals surface area (Å²) < 4.78 is 0. The van der Waals surface area contributed by atoms with Crippen LogP contribution in [0.4, 0.5) is 5.82 Å². The molecule has 2 rings (SSSR count). The van der Waals surface area contributed by atoms with Crippen molar-refractivity contribution in [2.75, 3.05) is 11.9 Å². The van der Waals surface area contributed by atoms with Gasteiger partial charge in [0.25, 0.3) is 0 Å². The summed E-state index contributed by atoms with van der Waals surface area (Å²) in [4.78, 5) is 9.07. The summed E-state index contributed by atoms with van der Waals surface area (Å²) in [6, 6.07) is 0. The second kappa shape index (κ2) is 6.78. The van der Waals surface area contributed by atoms with Gasteiger partial charge in [-0.3, -0.25) is 0 Å². The van der Waals surface area contributed by atoms with Crippen LogP contribution in [0.15, 0.2) is 11.6 Å². The van der Waals surface area contributed by atoms with E-state index >= 15 is 0 Å². The zero-order valence-corrected chi connectivity index (χ0v) is 14.3. The van der Waals surface area contributed by atoms with E-state index in [-0.39, 0.29) is 5.41 Å². The highest BCUT2D eigenvalue weighted by molar-refractivity contribution is 6.30. The molecule has 1 aromatic heterocycles. The Hall–Kier alpha value is -1.09. The number of nitrogens with zero attached hydrogens (tertiary/aromatic N) is 2. The lowest BCUT2D eigenvalue weighted by Gasteiger charge is -2.20. The number of halogens is 1. The van der Waals surface area contributed by atoms with Crippen LogP contribution in [0.1, 0.15) is 64.3 Å². The quantitative estimate of drug-likeness (QED) is 0.625. The molecule has 0 radical (unpaired) electrons. The SMILES string of the molecule is Cc1c(Cl)nc(C(C)(C)C)nc1NCCC1=CCCCC1. The number of nitrogens with one attached hydrogen (secondary N) is 1. The zero-order valence-electron chi connectivity index (χ0n) is 13.6. The summed E-state index contributed by atoms with van der Waals surface area (Å²) in [5.74, 6) is 1.66. The van der Waals surface area contributed by atoms with Crippen LogP contribution in [0.5, 0.6) is 0 Å². The lowest BCUT2D eigenvalue weighted by atomic mass is 9.95. The van der Waals surface area contributed by atoms with Gasteiger partial charge >= 0.3 is 0 Å². The van der Waals surface area contributed by atoms with E-state index in [1.807, 2.05) is 6.92 Å². The molecule has 1 N–H and O–H groups in total. The Morgan fingerprint density at radius 2 is 2.00 bits per heavy atom. The number of hydrogen-bond donors (Lipinski definition) is 1. The molecule has 0 aromatic carbocycles. The van der Waals surface area contributed by atoms with E-state index in [2.05, 4.69) is 42.1 Å². The van der Waals surface area contributed by atoms with E-state index in [9.17, 15) is 0 Å². The molecule has 0 aliphatic heterocycles. The van der Waals surface area contributed by atoms with Gasteiger partial charge < -0.3 is 5.32 Å². The highest BCUT2D eigenvalue weighted by Crippen LogP contribution is 2.26. The normalized spacial score (nSPS) is 15.8. The van der Waals surface area contributed by atoms with Crippen LogP contribution in [0, 0.1) is 6.92 Å². The average Bonchev–Trinajstić information content (AvgIpc) is 2.43. The Kier molecular flexibility index (Phi) is 5.26. The molecule has 1 aliphatic rings. The third-order valence-corrected chi connectivity index (χ3v) is 4.25. The summed E-state index contributed by atoms with van der Waals surface area (Å²) >= 11 is 6.25. The number of allylic oxidation sites excluding steroid dienone is 1. The van der Waals surface area contributed by atoms with E-state index in [1.165, 1.54) is 25.7 Å². The van der Waals surface area contributed by atoms with Gasteiger partial charge in [-0.2, -0.15) is 0 Å². The standard InChI is InChI=1S/C17H26ClN3/c1-12-14(18)20-16(17(2,3)4)21-15(12)19-11-10-13-8-6-5-7-9-13/h8H,5-7,9-11H2,1-4H3,(H,19,20,21). The van der Waals surface area contributed by atoms with Gasteiger partial charge in [-0.1, -0.05) is 44.0 Å². The first-order valence-electron chi connectivity index (χ1n) is 7.84. The molecule has 0 unspecified atom stereocenters. The van der Waals surface area contributed by atoms with E-state index in [4.69, 9.17) is 11.6 Å². The lowest BCUT2D eigenvalue weighted by molar-refractivity contribution is 0.545. The van der Waals surface area contributed by atoms with Crippen molar-refractivity contribution in [3.05, 3.63) is 28.2 Å². The largest absolute Gasteiger partial charge is 0.369 e. The minimum absolute atomic E-state index is 0.0976. The van der Waals surface area contributed by atoms with Crippen LogP contribution in [-0.2, 0) is 5.41 Å². The van der Waals surface area contributed by atoms with Crippen LogP contribution in [0.3, 0.4) is 0 Å². The number of hydrogen-bond acceptors (Lipinski definition) is 3. The Labute approximate surface area is 133 Å². The average molecular weight is 308 g/mol. The highest BCUT2D eigenvalue weighted by atomic mass is 35.5. The Morgan fingerprint density at radius 1 is 1.24 bits per heavy atom. The van der Waals surface area contributed by atoms with E-state index in [0.29, 0.717) is 5.15 Å². The van der Waals surface area contributed by atoms with E-state index in [1.54, 1.807) is 5.57 Å². The monoisotopic (exact) mass is 307 g/mol. The first-order valence-corrected chi connectivity index (χ1v) is 8.22. The molecule has 1 aliphatic carbocycles. The fraction of sp³-hybridized carbons (Fsp3) is 0.647. The van der Waals surface area contributed by atoms with E-state index in [0.717, 1.165) is 30.2 Å². The third-order valence-electron chi connectivity index (χ3n) is 3.88. The molecule has 0 fully saturated rings. The highest BCUT2D eigenvalue weighted by Gasteiger charge is 2.20. The summed E-state index contributed by atoms with van der Waals surface area (Å²) in [6.07, 6.45) is 8.64. The maximum atomic E-state index is 6.25. The van der Waals surface area contributed by atoms with Crippen molar-refractivity contribution in [2.45, 2.75) is 65.2 Å². The van der Waals surface area contributed by atoms with Crippen LogP contribution in [0.25, 0.3) is 0 Å². The van der Waals surface area contributed by atoms with Gasteiger partial charge in [-0.05, 0) is 39.0 Å². The number of aromatic nitrogens is 2. The molecule has 1 heterocycles. The van der Waals surface area contributed by atoms with Crippen molar-refractivity contribution in [2.24, 2.45) is 0 Å².